The van der Waals surface area contributed by atoms with Gasteiger partial charge in [0.15, 0.2) is 0 Å². The van der Waals surface area contributed by atoms with E-state index >= 15 is 0 Å². The van der Waals surface area contributed by atoms with Gasteiger partial charge in [0, 0.05) is 6.04 Å². The zero-order valence-electron chi connectivity index (χ0n) is 11.9. The van der Waals surface area contributed by atoms with Gasteiger partial charge in [-0.05, 0) is 37.8 Å². The van der Waals surface area contributed by atoms with Crippen molar-refractivity contribution in [1.82, 2.24) is 0 Å². The molecule has 0 aliphatic heterocycles. The lowest BCUT2D eigenvalue weighted by Gasteiger charge is -2.18. The van der Waals surface area contributed by atoms with E-state index in [4.69, 9.17) is 0 Å². The molecule has 0 aliphatic rings. The molecule has 20 heavy (non-hydrogen) atoms. The highest BCUT2D eigenvalue weighted by Gasteiger charge is 2.29. The summed E-state index contributed by atoms with van der Waals surface area (Å²) >= 11 is 0. The van der Waals surface area contributed by atoms with E-state index in [9.17, 15) is 17.2 Å². The Morgan fingerprint density at radius 2 is 1.70 bits per heavy atom. The molecule has 3 nitrogen and oxygen atoms in total. The molecule has 0 bridgehead atoms. The van der Waals surface area contributed by atoms with Gasteiger partial charge in [0.05, 0.1) is 10.6 Å². The van der Waals surface area contributed by atoms with E-state index < -0.39 is 15.6 Å². The first-order valence-electron chi connectivity index (χ1n) is 6.62. The number of benzene rings is 1. The summed E-state index contributed by atoms with van der Waals surface area (Å²) in [5.41, 5.74) is 0.240. The maximum Gasteiger partial charge on any atom is 0.341 e. The Labute approximate surface area is 119 Å². The zero-order chi connectivity index (χ0) is 15.3. The summed E-state index contributed by atoms with van der Waals surface area (Å²) in [6, 6.07) is 5.81. The topological polar surface area (TPSA) is 46.2 Å². The normalized spacial score (nSPS) is 13.8. The monoisotopic (exact) mass is 305 g/mol. The lowest BCUT2D eigenvalue weighted by molar-refractivity contribution is 0.235. The molecule has 1 rings (SSSR count). The quantitative estimate of drug-likeness (QED) is 0.830. The first-order valence-corrected chi connectivity index (χ1v) is 8.17. The maximum atomic E-state index is 12.7. The SMILES string of the molecule is CC(C)CCC(C)Nc1ccccc1S(=O)(=O)C(F)F. The second-order valence-electron chi connectivity index (χ2n) is 5.32. The van der Waals surface area contributed by atoms with Crippen LogP contribution in [0.25, 0.3) is 0 Å². The van der Waals surface area contributed by atoms with E-state index in [1.54, 1.807) is 6.07 Å². The van der Waals surface area contributed by atoms with E-state index in [1.807, 2.05) is 6.92 Å². The third kappa shape index (κ3) is 4.44. The minimum atomic E-state index is -4.58. The van der Waals surface area contributed by atoms with Crippen molar-refractivity contribution in [2.24, 2.45) is 5.92 Å². The number of nitrogens with one attached hydrogen (secondary N) is 1. The van der Waals surface area contributed by atoms with Crippen molar-refractivity contribution in [2.45, 2.75) is 50.3 Å². The largest absolute Gasteiger partial charge is 0.382 e. The Hall–Kier alpha value is -1.17. The van der Waals surface area contributed by atoms with Crippen molar-refractivity contribution in [1.29, 1.82) is 0 Å². The molecule has 0 radical (unpaired) electrons. The van der Waals surface area contributed by atoms with Crippen LogP contribution in [0, 0.1) is 5.92 Å². The second kappa shape index (κ2) is 7.02. The summed E-state index contributed by atoms with van der Waals surface area (Å²) in [5, 5.41) is 3.01. The van der Waals surface area contributed by atoms with Crippen LogP contribution in [0.3, 0.4) is 0 Å². The van der Waals surface area contributed by atoms with E-state index in [2.05, 4.69) is 19.2 Å². The Morgan fingerprint density at radius 3 is 2.25 bits per heavy atom. The highest BCUT2D eigenvalue weighted by molar-refractivity contribution is 7.91. The predicted octanol–water partition coefficient (Wildman–Crippen LogP) is 3.92. The van der Waals surface area contributed by atoms with Gasteiger partial charge in [-0.3, -0.25) is 0 Å². The van der Waals surface area contributed by atoms with Gasteiger partial charge in [0.1, 0.15) is 0 Å². The van der Waals surface area contributed by atoms with Crippen molar-refractivity contribution in [3.63, 3.8) is 0 Å². The van der Waals surface area contributed by atoms with Crippen LogP contribution < -0.4 is 5.32 Å². The molecule has 0 fully saturated rings. The highest BCUT2D eigenvalue weighted by atomic mass is 32.2. The molecule has 1 aromatic rings. The number of anilines is 1. The van der Waals surface area contributed by atoms with Gasteiger partial charge in [0.25, 0.3) is 0 Å². The van der Waals surface area contributed by atoms with Gasteiger partial charge < -0.3 is 5.32 Å². The third-order valence-electron chi connectivity index (χ3n) is 3.01. The lowest BCUT2D eigenvalue weighted by atomic mass is 10.0. The standard InChI is InChI=1S/C14H21F2NO2S/c1-10(2)8-9-11(3)17-12-6-4-5-7-13(12)20(18,19)14(15)16/h4-7,10-11,14,17H,8-9H2,1-3H3. The summed E-state index contributed by atoms with van der Waals surface area (Å²) < 4.78 is 48.5. The van der Waals surface area contributed by atoms with Crippen LogP contribution in [-0.2, 0) is 9.84 Å². The summed E-state index contributed by atoms with van der Waals surface area (Å²) in [5.74, 6) is -2.87. The van der Waals surface area contributed by atoms with Crippen LogP contribution in [0.2, 0.25) is 0 Å². The molecule has 0 amide bonds. The van der Waals surface area contributed by atoms with Gasteiger partial charge in [-0.25, -0.2) is 8.42 Å². The zero-order valence-corrected chi connectivity index (χ0v) is 12.8. The van der Waals surface area contributed by atoms with Crippen molar-refractivity contribution in [3.05, 3.63) is 24.3 Å². The van der Waals surface area contributed by atoms with Gasteiger partial charge in [-0.2, -0.15) is 8.78 Å². The Morgan fingerprint density at radius 1 is 1.10 bits per heavy atom. The summed E-state index contributed by atoms with van der Waals surface area (Å²) in [6.07, 6.45) is 1.83. The van der Waals surface area contributed by atoms with E-state index in [1.165, 1.54) is 18.2 Å². The number of hydrogen-bond donors (Lipinski definition) is 1. The average molecular weight is 305 g/mol. The maximum absolute atomic E-state index is 12.7. The minimum Gasteiger partial charge on any atom is -0.382 e. The summed E-state index contributed by atoms with van der Waals surface area (Å²) in [4.78, 5) is -0.341. The fraction of sp³-hybridized carbons (Fsp3) is 0.571. The predicted molar refractivity (Wildman–Crippen MR) is 76.8 cm³/mol. The van der Waals surface area contributed by atoms with Crippen LogP contribution in [0.1, 0.15) is 33.6 Å². The summed E-state index contributed by atoms with van der Waals surface area (Å²) in [7, 11) is -4.58. The first-order chi connectivity index (χ1) is 9.25. The highest BCUT2D eigenvalue weighted by Crippen LogP contribution is 2.27. The Kier molecular flexibility index (Phi) is 5.92. The number of rotatable bonds is 7. The molecule has 1 atom stereocenters. The fourth-order valence-corrected chi connectivity index (χ4v) is 2.74. The first kappa shape index (κ1) is 16.9. The number of para-hydroxylation sites is 1. The molecule has 6 heteroatoms. The van der Waals surface area contributed by atoms with Gasteiger partial charge in [0.2, 0.25) is 9.84 Å². The molecule has 0 saturated heterocycles. The molecule has 1 N–H and O–H groups in total. The second-order valence-corrected chi connectivity index (χ2v) is 7.20. The molecule has 114 valence electrons. The minimum absolute atomic E-state index is 0.0198. The van der Waals surface area contributed by atoms with Crippen molar-refractivity contribution >= 4 is 15.5 Å². The van der Waals surface area contributed by atoms with Crippen molar-refractivity contribution < 1.29 is 17.2 Å². The van der Waals surface area contributed by atoms with E-state index in [0.29, 0.717) is 5.92 Å². The van der Waals surface area contributed by atoms with Gasteiger partial charge >= 0.3 is 5.76 Å². The van der Waals surface area contributed by atoms with E-state index in [0.717, 1.165) is 12.8 Å². The lowest BCUT2D eigenvalue weighted by Crippen LogP contribution is -2.19. The number of halogens is 2. The van der Waals surface area contributed by atoms with Crippen LogP contribution >= 0.6 is 0 Å². The third-order valence-corrected chi connectivity index (χ3v) is 4.45. The molecule has 0 saturated carbocycles. The van der Waals surface area contributed by atoms with Gasteiger partial charge in [-0.15, -0.1) is 0 Å². The molecule has 0 heterocycles. The number of alkyl halides is 2. The van der Waals surface area contributed by atoms with Crippen molar-refractivity contribution in [2.75, 3.05) is 5.32 Å². The molecular weight excluding hydrogens is 284 g/mol. The Balaban J connectivity index is 2.92. The van der Waals surface area contributed by atoms with Crippen LogP contribution in [-0.4, -0.2) is 20.2 Å². The van der Waals surface area contributed by atoms with Crippen LogP contribution in [0.4, 0.5) is 14.5 Å². The summed E-state index contributed by atoms with van der Waals surface area (Å²) in [6.45, 7) is 6.11. The molecule has 0 aromatic heterocycles. The van der Waals surface area contributed by atoms with Crippen molar-refractivity contribution in [3.8, 4) is 0 Å². The molecule has 1 unspecified atom stereocenters. The molecule has 1 aromatic carbocycles. The smallest absolute Gasteiger partial charge is 0.341 e. The van der Waals surface area contributed by atoms with Crippen LogP contribution in [0.5, 0.6) is 0 Å². The van der Waals surface area contributed by atoms with Gasteiger partial charge in [-0.1, -0.05) is 26.0 Å². The van der Waals surface area contributed by atoms with Crippen LogP contribution in [0.15, 0.2) is 29.2 Å². The Bertz CT molecular complexity index is 530. The molecular formula is C14H21F2NO2S. The number of sulfone groups is 1. The number of hydrogen-bond acceptors (Lipinski definition) is 3. The fourth-order valence-electron chi connectivity index (χ4n) is 1.85. The molecule has 0 aliphatic carbocycles. The molecule has 0 spiro atoms. The van der Waals surface area contributed by atoms with E-state index in [-0.39, 0.29) is 16.6 Å². The average Bonchev–Trinajstić information content (AvgIpc) is 2.36.